The van der Waals surface area contributed by atoms with Crippen LogP contribution in [0, 0.1) is 16.5 Å². The zero-order chi connectivity index (χ0) is 14.2. The third-order valence-corrected chi connectivity index (χ3v) is 2.87. The first kappa shape index (κ1) is 14.2. The summed E-state index contributed by atoms with van der Waals surface area (Å²) in [5.41, 5.74) is 0. The Morgan fingerprint density at radius 3 is 2.50 bits per heavy atom. The van der Waals surface area contributed by atoms with Gasteiger partial charge in [-0.05, 0) is 48.2 Å². The van der Waals surface area contributed by atoms with Gasteiger partial charge in [0, 0.05) is 11.8 Å². The average molecular weight is 289 g/mol. The minimum absolute atomic E-state index is 0.336. The van der Waals surface area contributed by atoms with E-state index in [0.717, 1.165) is 11.8 Å². The van der Waals surface area contributed by atoms with Gasteiger partial charge >= 0.3 is 0 Å². The number of hydrogen-bond acceptors (Lipinski definition) is 4. The van der Waals surface area contributed by atoms with Crippen molar-refractivity contribution in [2.45, 2.75) is 0 Å². The lowest BCUT2D eigenvalue weighted by Crippen LogP contribution is -1.99. The molecule has 20 heavy (non-hydrogen) atoms. The summed E-state index contributed by atoms with van der Waals surface area (Å²) < 4.78 is 24.0. The standard InChI is InChI=1S/C15H12FNO2S/c16-12-2-1-3-15(10-12)19-14-6-4-13(5-7-14)18-8-9-20-11-17/h1-7,10H,8-9H2. The van der Waals surface area contributed by atoms with Gasteiger partial charge < -0.3 is 9.47 Å². The maximum absolute atomic E-state index is 13.0. The van der Waals surface area contributed by atoms with Crippen molar-refractivity contribution in [2.75, 3.05) is 12.4 Å². The lowest BCUT2D eigenvalue weighted by molar-refractivity contribution is 0.343. The molecule has 0 radical (unpaired) electrons. The topological polar surface area (TPSA) is 42.2 Å². The van der Waals surface area contributed by atoms with Crippen LogP contribution < -0.4 is 9.47 Å². The predicted octanol–water partition coefficient (Wildman–Crippen LogP) is 4.21. The number of nitriles is 1. The Morgan fingerprint density at radius 1 is 1.05 bits per heavy atom. The van der Waals surface area contributed by atoms with E-state index in [4.69, 9.17) is 14.7 Å². The second-order valence-electron chi connectivity index (χ2n) is 3.82. The quantitative estimate of drug-likeness (QED) is 0.590. The largest absolute Gasteiger partial charge is 0.493 e. The number of rotatable bonds is 6. The van der Waals surface area contributed by atoms with Gasteiger partial charge in [0.2, 0.25) is 0 Å². The minimum atomic E-state index is -0.336. The molecule has 2 rings (SSSR count). The monoisotopic (exact) mass is 289 g/mol. The van der Waals surface area contributed by atoms with E-state index in [1.54, 1.807) is 36.4 Å². The van der Waals surface area contributed by atoms with E-state index in [9.17, 15) is 4.39 Å². The molecule has 2 aromatic rings. The molecule has 102 valence electrons. The molecule has 0 amide bonds. The molecule has 0 aliphatic rings. The van der Waals surface area contributed by atoms with Crippen molar-refractivity contribution in [3.8, 4) is 22.6 Å². The molecule has 5 heteroatoms. The molecule has 0 bridgehead atoms. The van der Waals surface area contributed by atoms with Crippen LogP contribution in [0.4, 0.5) is 4.39 Å². The second-order valence-corrected chi connectivity index (χ2v) is 4.70. The minimum Gasteiger partial charge on any atom is -0.493 e. The lowest BCUT2D eigenvalue weighted by atomic mass is 10.3. The molecular formula is C15H12FNO2S. The lowest BCUT2D eigenvalue weighted by Gasteiger charge is -2.08. The summed E-state index contributed by atoms with van der Waals surface area (Å²) in [7, 11) is 0. The number of thiocyanates is 1. The molecule has 0 N–H and O–H groups in total. The highest BCUT2D eigenvalue weighted by molar-refractivity contribution is 8.03. The van der Waals surface area contributed by atoms with Crippen LogP contribution in [0.15, 0.2) is 48.5 Å². The number of benzene rings is 2. The Balaban J connectivity index is 1.90. The summed E-state index contributed by atoms with van der Waals surface area (Å²) in [5, 5.41) is 10.4. The van der Waals surface area contributed by atoms with Crippen LogP contribution in [0.25, 0.3) is 0 Å². The molecule has 0 spiro atoms. The number of nitrogens with zero attached hydrogens (tertiary/aromatic N) is 1. The molecular weight excluding hydrogens is 277 g/mol. The molecule has 0 saturated heterocycles. The van der Waals surface area contributed by atoms with Crippen LogP contribution in [0.3, 0.4) is 0 Å². The van der Waals surface area contributed by atoms with Gasteiger partial charge in [-0.3, -0.25) is 0 Å². The molecule has 0 heterocycles. The van der Waals surface area contributed by atoms with Crippen molar-refractivity contribution >= 4 is 11.8 Å². The number of halogens is 1. The highest BCUT2D eigenvalue weighted by Crippen LogP contribution is 2.24. The Labute approximate surface area is 120 Å². The van der Waals surface area contributed by atoms with Crippen LogP contribution in [0.5, 0.6) is 17.2 Å². The Morgan fingerprint density at radius 2 is 1.80 bits per heavy atom. The first-order valence-electron chi connectivity index (χ1n) is 5.95. The summed E-state index contributed by atoms with van der Waals surface area (Å²) in [6.07, 6.45) is 0. The summed E-state index contributed by atoms with van der Waals surface area (Å²) >= 11 is 1.15. The summed E-state index contributed by atoms with van der Waals surface area (Å²) in [4.78, 5) is 0. The average Bonchev–Trinajstić information content (AvgIpc) is 2.45. The number of hydrogen-bond donors (Lipinski definition) is 0. The van der Waals surface area contributed by atoms with E-state index < -0.39 is 0 Å². The molecule has 0 saturated carbocycles. The maximum Gasteiger partial charge on any atom is 0.133 e. The third kappa shape index (κ3) is 4.48. The number of thioether (sulfide) groups is 1. The molecule has 0 unspecified atom stereocenters. The van der Waals surface area contributed by atoms with E-state index in [-0.39, 0.29) is 5.82 Å². The first-order valence-corrected chi connectivity index (χ1v) is 6.93. The van der Waals surface area contributed by atoms with Crippen molar-refractivity contribution < 1.29 is 13.9 Å². The van der Waals surface area contributed by atoms with Crippen LogP contribution in [-0.4, -0.2) is 12.4 Å². The van der Waals surface area contributed by atoms with Crippen molar-refractivity contribution in [1.29, 1.82) is 5.26 Å². The van der Waals surface area contributed by atoms with Gasteiger partial charge in [-0.2, -0.15) is 5.26 Å². The fourth-order valence-electron chi connectivity index (χ4n) is 1.52. The fraction of sp³-hybridized carbons (Fsp3) is 0.133. The van der Waals surface area contributed by atoms with Crippen molar-refractivity contribution in [2.24, 2.45) is 0 Å². The molecule has 0 atom stereocenters. The van der Waals surface area contributed by atoms with Gasteiger partial charge in [0.1, 0.15) is 28.5 Å². The highest BCUT2D eigenvalue weighted by Gasteiger charge is 2.00. The first-order chi connectivity index (χ1) is 9.78. The molecule has 0 aromatic heterocycles. The highest BCUT2D eigenvalue weighted by atomic mass is 32.2. The predicted molar refractivity (Wildman–Crippen MR) is 76.5 cm³/mol. The van der Waals surface area contributed by atoms with Crippen molar-refractivity contribution in [1.82, 2.24) is 0 Å². The van der Waals surface area contributed by atoms with Gasteiger partial charge in [0.25, 0.3) is 0 Å². The van der Waals surface area contributed by atoms with Gasteiger partial charge in [-0.25, -0.2) is 4.39 Å². The smallest absolute Gasteiger partial charge is 0.133 e. The fourth-order valence-corrected chi connectivity index (χ4v) is 1.78. The second kappa shape index (κ2) is 7.41. The summed E-state index contributed by atoms with van der Waals surface area (Å²) in [5.74, 6) is 2.05. The maximum atomic E-state index is 13.0. The van der Waals surface area contributed by atoms with Gasteiger partial charge in [0.05, 0.1) is 6.61 Å². The van der Waals surface area contributed by atoms with Crippen LogP contribution in [0.2, 0.25) is 0 Å². The molecule has 2 aromatic carbocycles. The van der Waals surface area contributed by atoms with Crippen LogP contribution in [0.1, 0.15) is 0 Å². The van der Waals surface area contributed by atoms with E-state index in [1.165, 1.54) is 12.1 Å². The van der Waals surface area contributed by atoms with Gasteiger partial charge in [-0.1, -0.05) is 6.07 Å². The Hall–Kier alpha value is -2.19. The Bertz CT molecular complexity index is 596. The van der Waals surface area contributed by atoms with E-state index in [2.05, 4.69) is 0 Å². The van der Waals surface area contributed by atoms with Crippen LogP contribution in [-0.2, 0) is 0 Å². The summed E-state index contributed by atoms with van der Waals surface area (Å²) in [6.45, 7) is 0.475. The summed E-state index contributed by atoms with van der Waals surface area (Å²) in [6, 6.07) is 13.0. The zero-order valence-corrected chi connectivity index (χ0v) is 11.4. The van der Waals surface area contributed by atoms with Crippen molar-refractivity contribution in [3.63, 3.8) is 0 Å². The van der Waals surface area contributed by atoms with Crippen molar-refractivity contribution in [3.05, 3.63) is 54.3 Å². The normalized spacial score (nSPS) is 9.80. The third-order valence-electron chi connectivity index (χ3n) is 2.37. The molecule has 0 aliphatic heterocycles. The van der Waals surface area contributed by atoms with Gasteiger partial charge in [0.15, 0.2) is 0 Å². The van der Waals surface area contributed by atoms with E-state index in [1.807, 2.05) is 5.40 Å². The number of ether oxygens (including phenoxy) is 2. The molecule has 0 fully saturated rings. The SMILES string of the molecule is N#CSCCOc1ccc(Oc2cccc(F)c2)cc1. The van der Waals surface area contributed by atoms with Gasteiger partial charge in [-0.15, -0.1) is 0 Å². The zero-order valence-electron chi connectivity index (χ0n) is 10.6. The molecule has 0 aliphatic carbocycles. The van der Waals surface area contributed by atoms with E-state index >= 15 is 0 Å². The molecule has 3 nitrogen and oxygen atoms in total. The van der Waals surface area contributed by atoms with Crippen LogP contribution >= 0.6 is 11.8 Å². The van der Waals surface area contributed by atoms with E-state index in [0.29, 0.717) is 29.6 Å². The Kier molecular flexibility index (Phi) is 5.27.